The van der Waals surface area contributed by atoms with Gasteiger partial charge in [-0.05, 0) is 35.4 Å². The Kier molecular flexibility index (Phi) is 3.62. The fourth-order valence-corrected chi connectivity index (χ4v) is 2.03. The second kappa shape index (κ2) is 5.89. The molecule has 0 aliphatic rings. The van der Waals surface area contributed by atoms with Gasteiger partial charge in [-0.1, -0.05) is 42.5 Å². The minimum absolute atomic E-state index is 0.282. The van der Waals surface area contributed by atoms with E-state index in [1.54, 1.807) is 18.3 Å². The molecular weight excluding hydrogens is 260 g/mol. The monoisotopic (exact) mass is 272 g/mol. The highest BCUT2D eigenvalue weighted by molar-refractivity contribution is 5.64. The summed E-state index contributed by atoms with van der Waals surface area (Å²) in [4.78, 5) is 3.97. The summed E-state index contributed by atoms with van der Waals surface area (Å²) in [5.41, 5.74) is 2.56. The molecule has 3 rings (SSSR count). The number of nitrogens with zero attached hydrogens (tertiary/aromatic N) is 2. The van der Waals surface area contributed by atoms with Gasteiger partial charge in [0.05, 0.1) is 0 Å². The molecule has 100 valence electrons. The van der Waals surface area contributed by atoms with Gasteiger partial charge in [0.25, 0.3) is 0 Å². The molecule has 0 amide bonds. The number of ether oxygens (including phenoxy) is 1. The van der Waals surface area contributed by atoms with Gasteiger partial charge in [-0.2, -0.15) is 5.26 Å². The van der Waals surface area contributed by atoms with Crippen LogP contribution >= 0.6 is 0 Å². The molecule has 0 bridgehead atoms. The minimum Gasteiger partial charge on any atom is -0.454 e. The molecule has 0 unspecified atom stereocenters. The average Bonchev–Trinajstić information content (AvgIpc) is 2.57. The van der Waals surface area contributed by atoms with Gasteiger partial charge in [0, 0.05) is 6.20 Å². The smallest absolute Gasteiger partial charge is 0.183 e. The number of hydrogen-bond donors (Lipinski definition) is 0. The van der Waals surface area contributed by atoms with Crippen LogP contribution in [0.1, 0.15) is 5.69 Å². The van der Waals surface area contributed by atoms with Gasteiger partial charge in [-0.3, -0.25) is 0 Å². The highest BCUT2D eigenvalue weighted by Crippen LogP contribution is 2.26. The van der Waals surface area contributed by atoms with Crippen molar-refractivity contribution in [1.29, 1.82) is 5.26 Å². The summed E-state index contributed by atoms with van der Waals surface area (Å²) in [5.74, 6) is 1.15. The van der Waals surface area contributed by atoms with Gasteiger partial charge in [-0.25, -0.2) is 4.98 Å². The predicted molar refractivity (Wildman–Crippen MR) is 80.9 cm³/mol. The number of nitriles is 1. The molecule has 3 aromatic rings. The van der Waals surface area contributed by atoms with E-state index in [1.165, 1.54) is 0 Å². The quantitative estimate of drug-likeness (QED) is 0.709. The summed E-state index contributed by atoms with van der Waals surface area (Å²) in [6.07, 6.45) is 1.57. The van der Waals surface area contributed by atoms with Gasteiger partial charge in [-0.15, -0.1) is 0 Å². The van der Waals surface area contributed by atoms with E-state index < -0.39 is 0 Å². The van der Waals surface area contributed by atoms with Crippen LogP contribution in [0.2, 0.25) is 0 Å². The minimum atomic E-state index is 0.282. The average molecular weight is 272 g/mol. The van der Waals surface area contributed by atoms with Crippen molar-refractivity contribution in [3.05, 3.63) is 78.6 Å². The molecule has 3 nitrogen and oxygen atoms in total. The fourth-order valence-electron chi connectivity index (χ4n) is 2.03. The Balaban J connectivity index is 1.84. The van der Waals surface area contributed by atoms with Crippen molar-refractivity contribution in [2.24, 2.45) is 0 Å². The normalized spacial score (nSPS) is 9.86. The molecule has 21 heavy (non-hydrogen) atoms. The van der Waals surface area contributed by atoms with Crippen molar-refractivity contribution in [3.63, 3.8) is 0 Å². The molecular formula is C18H12N2O. The van der Waals surface area contributed by atoms with Crippen molar-refractivity contribution in [1.82, 2.24) is 4.98 Å². The maximum atomic E-state index is 9.00. The van der Waals surface area contributed by atoms with E-state index in [1.807, 2.05) is 48.5 Å². The first-order valence-electron chi connectivity index (χ1n) is 6.55. The highest BCUT2D eigenvalue weighted by atomic mass is 16.5. The summed E-state index contributed by atoms with van der Waals surface area (Å²) >= 11 is 0. The van der Waals surface area contributed by atoms with Crippen LogP contribution in [0.3, 0.4) is 0 Å². The van der Waals surface area contributed by atoms with Crippen LogP contribution in [0.15, 0.2) is 72.9 Å². The van der Waals surface area contributed by atoms with Crippen LogP contribution in [0.25, 0.3) is 11.1 Å². The molecule has 3 heteroatoms. The Labute approximate surface area is 123 Å². The summed E-state index contributed by atoms with van der Waals surface area (Å²) in [6.45, 7) is 0. The van der Waals surface area contributed by atoms with Crippen molar-refractivity contribution in [2.75, 3.05) is 0 Å². The Hall–Kier alpha value is -3.12. The summed E-state index contributed by atoms with van der Waals surface area (Å²) in [7, 11) is 0. The van der Waals surface area contributed by atoms with Crippen molar-refractivity contribution >= 4 is 0 Å². The van der Waals surface area contributed by atoms with E-state index in [4.69, 9.17) is 10.00 Å². The highest BCUT2D eigenvalue weighted by Gasteiger charge is 2.05. The number of benzene rings is 2. The molecule has 1 aromatic heterocycles. The maximum Gasteiger partial charge on any atom is 0.183 e. The number of rotatable bonds is 3. The lowest BCUT2D eigenvalue weighted by Gasteiger charge is -2.07. The maximum absolute atomic E-state index is 9.00. The second-order valence-corrected chi connectivity index (χ2v) is 4.45. The van der Waals surface area contributed by atoms with E-state index in [0.717, 1.165) is 11.1 Å². The van der Waals surface area contributed by atoms with Gasteiger partial charge >= 0.3 is 0 Å². The standard InChI is InChI=1S/C18H12N2O/c19-13-17-18(7-4-12-20-17)21-16-10-8-15(9-11-16)14-5-2-1-3-6-14/h1-12H. The number of aromatic nitrogens is 1. The number of hydrogen-bond acceptors (Lipinski definition) is 3. The Morgan fingerprint density at radius 1 is 0.810 bits per heavy atom. The van der Waals surface area contributed by atoms with Gasteiger partial charge in [0.15, 0.2) is 11.4 Å². The van der Waals surface area contributed by atoms with Crippen LogP contribution in [0.4, 0.5) is 0 Å². The van der Waals surface area contributed by atoms with E-state index in [-0.39, 0.29) is 5.69 Å². The predicted octanol–water partition coefficient (Wildman–Crippen LogP) is 4.41. The van der Waals surface area contributed by atoms with Crippen molar-refractivity contribution in [2.45, 2.75) is 0 Å². The lowest BCUT2D eigenvalue weighted by molar-refractivity contribution is 0.478. The Morgan fingerprint density at radius 2 is 1.52 bits per heavy atom. The Bertz CT molecular complexity index is 774. The molecule has 0 radical (unpaired) electrons. The second-order valence-electron chi connectivity index (χ2n) is 4.45. The van der Waals surface area contributed by atoms with Crippen molar-refractivity contribution < 1.29 is 4.74 Å². The third-order valence-electron chi connectivity index (χ3n) is 3.07. The molecule has 0 fully saturated rings. The molecule has 1 heterocycles. The van der Waals surface area contributed by atoms with Gasteiger partial charge in [0.2, 0.25) is 0 Å². The van der Waals surface area contributed by atoms with E-state index in [0.29, 0.717) is 11.5 Å². The lowest BCUT2D eigenvalue weighted by Crippen LogP contribution is -1.90. The summed E-state index contributed by atoms with van der Waals surface area (Å²) in [6, 6.07) is 23.4. The molecule has 0 atom stereocenters. The molecule has 0 N–H and O–H groups in total. The first-order chi connectivity index (χ1) is 10.4. The third-order valence-corrected chi connectivity index (χ3v) is 3.07. The van der Waals surface area contributed by atoms with Gasteiger partial charge in [0.1, 0.15) is 11.8 Å². The van der Waals surface area contributed by atoms with E-state index >= 15 is 0 Å². The molecule has 0 aliphatic carbocycles. The van der Waals surface area contributed by atoms with E-state index in [9.17, 15) is 0 Å². The molecule has 0 spiro atoms. The fraction of sp³-hybridized carbons (Fsp3) is 0. The summed E-state index contributed by atoms with van der Waals surface area (Å²) in [5, 5.41) is 9.00. The zero-order chi connectivity index (χ0) is 14.5. The zero-order valence-electron chi connectivity index (χ0n) is 11.2. The zero-order valence-corrected chi connectivity index (χ0v) is 11.2. The molecule has 0 saturated heterocycles. The third kappa shape index (κ3) is 2.90. The first kappa shape index (κ1) is 12.9. The van der Waals surface area contributed by atoms with Crippen LogP contribution < -0.4 is 4.74 Å². The van der Waals surface area contributed by atoms with Gasteiger partial charge < -0.3 is 4.74 Å². The van der Waals surface area contributed by atoms with Crippen molar-refractivity contribution in [3.8, 4) is 28.7 Å². The summed E-state index contributed by atoms with van der Waals surface area (Å²) < 4.78 is 5.71. The van der Waals surface area contributed by atoms with Crippen LogP contribution in [-0.2, 0) is 0 Å². The lowest BCUT2D eigenvalue weighted by atomic mass is 10.1. The number of pyridine rings is 1. The van der Waals surface area contributed by atoms with E-state index in [2.05, 4.69) is 17.1 Å². The van der Waals surface area contributed by atoms with Crippen LogP contribution in [-0.4, -0.2) is 4.98 Å². The largest absolute Gasteiger partial charge is 0.454 e. The Morgan fingerprint density at radius 3 is 2.24 bits per heavy atom. The molecule has 0 saturated carbocycles. The topological polar surface area (TPSA) is 45.9 Å². The van der Waals surface area contributed by atoms with Crippen LogP contribution in [0.5, 0.6) is 11.5 Å². The first-order valence-corrected chi connectivity index (χ1v) is 6.55. The molecule has 2 aromatic carbocycles. The van der Waals surface area contributed by atoms with Crippen LogP contribution in [0, 0.1) is 11.3 Å². The molecule has 0 aliphatic heterocycles. The SMILES string of the molecule is N#Cc1ncccc1Oc1ccc(-c2ccccc2)cc1.